The SMILES string of the molecule is CN1CCN(OOO)CC1. The standard InChI is InChI=1S/C5H12N2O3/c1-6-2-4-7(5-3-6)9-10-8/h8H,2-5H2,1H3. The molecule has 1 fully saturated rings. The Labute approximate surface area is 59.5 Å². The highest BCUT2D eigenvalue weighted by molar-refractivity contribution is 4.61. The minimum Gasteiger partial charge on any atom is -0.304 e. The summed E-state index contributed by atoms with van der Waals surface area (Å²) in [4.78, 5) is 6.57. The van der Waals surface area contributed by atoms with Gasteiger partial charge in [0.2, 0.25) is 0 Å². The molecule has 5 nitrogen and oxygen atoms in total. The van der Waals surface area contributed by atoms with Gasteiger partial charge in [-0.3, -0.25) is 0 Å². The lowest BCUT2D eigenvalue weighted by atomic mass is 10.4. The molecule has 1 aliphatic rings. The van der Waals surface area contributed by atoms with Gasteiger partial charge in [0, 0.05) is 26.2 Å². The second-order valence-electron chi connectivity index (χ2n) is 2.38. The maximum atomic E-state index is 7.91. The predicted octanol–water partition coefficient (Wildman–Crippen LogP) is -0.430. The van der Waals surface area contributed by atoms with E-state index >= 15 is 0 Å². The fourth-order valence-electron chi connectivity index (χ4n) is 0.910. The van der Waals surface area contributed by atoms with E-state index in [-0.39, 0.29) is 0 Å². The van der Waals surface area contributed by atoms with Gasteiger partial charge >= 0.3 is 0 Å². The smallest absolute Gasteiger partial charge is 0.0400 e. The molecule has 5 heteroatoms. The number of hydrogen-bond donors (Lipinski definition) is 1. The summed E-state index contributed by atoms with van der Waals surface area (Å²) >= 11 is 0. The average Bonchev–Trinajstić information content (AvgIpc) is 1.95. The lowest BCUT2D eigenvalue weighted by molar-refractivity contribution is -0.567. The zero-order chi connectivity index (χ0) is 7.40. The van der Waals surface area contributed by atoms with Gasteiger partial charge in [0.15, 0.2) is 0 Å². The van der Waals surface area contributed by atoms with Crippen LogP contribution in [0.4, 0.5) is 0 Å². The molecule has 1 N–H and O–H groups in total. The molecule has 1 saturated heterocycles. The van der Waals surface area contributed by atoms with Crippen molar-refractivity contribution in [2.45, 2.75) is 0 Å². The Kier molecular flexibility index (Phi) is 3.04. The summed E-state index contributed by atoms with van der Waals surface area (Å²) in [7, 11) is 2.04. The van der Waals surface area contributed by atoms with E-state index in [9.17, 15) is 0 Å². The molecule has 0 aromatic heterocycles. The first-order chi connectivity index (χ1) is 4.83. The van der Waals surface area contributed by atoms with Gasteiger partial charge in [0.1, 0.15) is 0 Å². The number of rotatable bonds is 2. The van der Waals surface area contributed by atoms with Gasteiger partial charge in [0.05, 0.1) is 0 Å². The van der Waals surface area contributed by atoms with Crippen LogP contribution in [0.25, 0.3) is 0 Å². The quantitative estimate of drug-likeness (QED) is 0.425. The molecule has 1 rings (SSSR count). The van der Waals surface area contributed by atoms with E-state index in [1.807, 2.05) is 7.05 Å². The van der Waals surface area contributed by atoms with Gasteiger partial charge in [0.25, 0.3) is 0 Å². The summed E-state index contributed by atoms with van der Waals surface area (Å²) in [6, 6.07) is 0. The van der Waals surface area contributed by atoms with E-state index in [1.165, 1.54) is 0 Å². The summed E-state index contributed by atoms with van der Waals surface area (Å²) in [6.45, 7) is 3.39. The molecule has 1 heterocycles. The van der Waals surface area contributed by atoms with E-state index in [0.717, 1.165) is 26.2 Å². The molecular formula is C5H12N2O3. The van der Waals surface area contributed by atoms with Gasteiger partial charge in [-0.2, -0.15) is 5.06 Å². The van der Waals surface area contributed by atoms with Gasteiger partial charge < -0.3 is 4.90 Å². The minimum absolute atomic E-state index is 0.761. The summed E-state index contributed by atoms with van der Waals surface area (Å²) in [5, 5.41) is 13.0. The third kappa shape index (κ3) is 2.20. The molecule has 0 aromatic rings. The monoisotopic (exact) mass is 148 g/mol. The topological polar surface area (TPSA) is 45.2 Å². The molecule has 0 aliphatic carbocycles. The van der Waals surface area contributed by atoms with Crippen molar-refractivity contribution in [1.29, 1.82) is 0 Å². The van der Waals surface area contributed by atoms with Crippen molar-refractivity contribution in [3.63, 3.8) is 0 Å². The van der Waals surface area contributed by atoms with E-state index in [1.54, 1.807) is 5.06 Å². The molecule has 0 radical (unpaired) electrons. The van der Waals surface area contributed by atoms with Crippen molar-refractivity contribution in [3.05, 3.63) is 0 Å². The van der Waals surface area contributed by atoms with Crippen LogP contribution in [0.3, 0.4) is 0 Å². The highest BCUT2D eigenvalue weighted by Crippen LogP contribution is 1.98. The zero-order valence-electron chi connectivity index (χ0n) is 5.99. The number of piperazine rings is 1. The second-order valence-corrected chi connectivity index (χ2v) is 2.38. The lowest BCUT2D eigenvalue weighted by Gasteiger charge is -2.28. The Morgan fingerprint density at radius 1 is 1.20 bits per heavy atom. The van der Waals surface area contributed by atoms with Crippen molar-refractivity contribution >= 4 is 0 Å². The summed E-state index contributed by atoms with van der Waals surface area (Å²) < 4.78 is 0. The van der Waals surface area contributed by atoms with Crippen LogP contribution >= 0.6 is 0 Å². The normalized spacial score (nSPS) is 23.4. The Morgan fingerprint density at radius 2 is 1.80 bits per heavy atom. The molecule has 0 atom stereocenters. The van der Waals surface area contributed by atoms with Gasteiger partial charge in [-0.05, 0) is 7.05 Å². The van der Waals surface area contributed by atoms with Gasteiger partial charge in [-0.1, -0.05) is 5.04 Å². The number of likely N-dealkylation sites (N-methyl/N-ethyl adjacent to an activating group) is 1. The first-order valence-corrected chi connectivity index (χ1v) is 3.24. The molecule has 0 amide bonds. The number of hydrogen-bond acceptors (Lipinski definition) is 5. The van der Waals surface area contributed by atoms with Crippen LogP contribution in [0, 0.1) is 0 Å². The van der Waals surface area contributed by atoms with Crippen LogP contribution < -0.4 is 0 Å². The van der Waals surface area contributed by atoms with Crippen LogP contribution in [-0.4, -0.2) is 48.4 Å². The third-order valence-electron chi connectivity index (χ3n) is 1.60. The Bertz CT molecular complexity index is 92.9. The van der Waals surface area contributed by atoms with Gasteiger partial charge in [-0.25, -0.2) is 5.26 Å². The fourth-order valence-corrected chi connectivity index (χ4v) is 0.910. The maximum Gasteiger partial charge on any atom is 0.0400 e. The molecule has 0 unspecified atom stereocenters. The first kappa shape index (κ1) is 7.90. The largest absolute Gasteiger partial charge is 0.304 e. The molecule has 1 aliphatic heterocycles. The van der Waals surface area contributed by atoms with Crippen molar-refractivity contribution in [2.75, 3.05) is 33.2 Å². The van der Waals surface area contributed by atoms with Crippen molar-refractivity contribution < 1.29 is 15.3 Å². The lowest BCUT2D eigenvalue weighted by Crippen LogP contribution is -2.44. The summed E-state index contributed by atoms with van der Waals surface area (Å²) in [5.74, 6) is 0. The number of nitrogens with zero attached hydrogens (tertiary/aromatic N) is 2. The Morgan fingerprint density at radius 3 is 2.30 bits per heavy atom. The van der Waals surface area contributed by atoms with Crippen molar-refractivity contribution in [1.82, 2.24) is 9.96 Å². The van der Waals surface area contributed by atoms with Crippen LogP contribution in [0.15, 0.2) is 0 Å². The molecule has 60 valence electrons. The average molecular weight is 148 g/mol. The summed E-state index contributed by atoms with van der Waals surface area (Å²) in [5.41, 5.74) is 0. The van der Waals surface area contributed by atoms with E-state index < -0.39 is 0 Å². The first-order valence-electron chi connectivity index (χ1n) is 3.24. The van der Waals surface area contributed by atoms with E-state index in [0.29, 0.717) is 0 Å². The van der Waals surface area contributed by atoms with E-state index in [2.05, 4.69) is 14.9 Å². The summed E-state index contributed by atoms with van der Waals surface area (Å²) in [6.07, 6.45) is 0. The van der Waals surface area contributed by atoms with E-state index in [4.69, 9.17) is 5.26 Å². The zero-order valence-corrected chi connectivity index (χ0v) is 5.99. The highest BCUT2D eigenvalue weighted by atomic mass is 17.5. The van der Waals surface area contributed by atoms with Crippen LogP contribution in [0.1, 0.15) is 0 Å². The molecule has 10 heavy (non-hydrogen) atoms. The van der Waals surface area contributed by atoms with Crippen molar-refractivity contribution in [2.24, 2.45) is 0 Å². The third-order valence-corrected chi connectivity index (χ3v) is 1.60. The Balaban J connectivity index is 2.13. The maximum absolute atomic E-state index is 7.91. The van der Waals surface area contributed by atoms with Crippen LogP contribution in [0.5, 0.6) is 0 Å². The Hall–Kier alpha value is -0.200. The molecular weight excluding hydrogens is 136 g/mol. The van der Waals surface area contributed by atoms with Crippen molar-refractivity contribution in [3.8, 4) is 0 Å². The van der Waals surface area contributed by atoms with Crippen LogP contribution in [0.2, 0.25) is 0 Å². The molecule has 0 spiro atoms. The number of hydroxylamine groups is 2. The predicted molar refractivity (Wildman–Crippen MR) is 33.9 cm³/mol. The fraction of sp³-hybridized carbons (Fsp3) is 1.00. The molecule has 0 bridgehead atoms. The second kappa shape index (κ2) is 3.85. The van der Waals surface area contributed by atoms with Gasteiger partial charge in [-0.15, -0.1) is 4.99 Å². The minimum atomic E-state index is 0.761. The van der Waals surface area contributed by atoms with Crippen LogP contribution in [-0.2, 0) is 10.0 Å². The molecule has 0 saturated carbocycles. The highest BCUT2D eigenvalue weighted by Gasteiger charge is 2.14. The molecule has 0 aromatic carbocycles.